The third-order valence-corrected chi connectivity index (χ3v) is 3.47. The molecule has 0 amide bonds. The fraction of sp³-hybridized carbons (Fsp3) is 0.250. The molecule has 4 heteroatoms. The zero-order valence-electron chi connectivity index (χ0n) is 11.2. The van der Waals surface area contributed by atoms with Crippen LogP contribution in [0.1, 0.15) is 22.7 Å². The van der Waals surface area contributed by atoms with Gasteiger partial charge in [0.2, 0.25) is 0 Å². The molecule has 2 aromatic rings. The maximum Gasteiger partial charge on any atom is 0.142 e. The van der Waals surface area contributed by atoms with Crippen LogP contribution in [-0.2, 0) is 6.54 Å². The van der Waals surface area contributed by atoms with Crippen molar-refractivity contribution in [3.05, 3.63) is 70.0 Å². The van der Waals surface area contributed by atoms with Crippen molar-refractivity contribution >= 4 is 11.6 Å². The van der Waals surface area contributed by atoms with Gasteiger partial charge in [0.1, 0.15) is 5.82 Å². The van der Waals surface area contributed by atoms with Crippen molar-refractivity contribution in [2.24, 2.45) is 0 Å². The monoisotopic (exact) mass is 293 g/mol. The van der Waals surface area contributed by atoms with Gasteiger partial charge in [-0.15, -0.1) is 0 Å². The summed E-state index contributed by atoms with van der Waals surface area (Å²) >= 11 is 5.66. The zero-order chi connectivity index (χ0) is 14.5. The van der Waals surface area contributed by atoms with Crippen LogP contribution in [0.5, 0.6) is 0 Å². The van der Waals surface area contributed by atoms with Crippen LogP contribution in [0.3, 0.4) is 0 Å². The first-order chi connectivity index (χ1) is 9.60. The summed E-state index contributed by atoms with van der Waals surface area (Å²) in [5.41, 5.74) is 2.99. The van der Waals surface area contributed by atoms with E-state index in [0.29, 0.717) is 12.1 Å². The van der Waals surface area contributed by atoms with Gasteiger partial charge in [-0.25, -0.2) is 4.39 Å². The molecule has 20 heavy (non-hydrogen) atoms. The van der Waals surface area contributed by atoms with E-state index in [1.165, 1.54) is 17.7 Å². The molecule has 0 aliphatic carbocycles. The SMILES string of the molecule is Cc1cccc(CNC(CO)c2ccc(Cl)c(F)c2)c1. The Morgan fingerprint density at radius 3 is 2.70 bits per heavy atom. The molecule has 0 saturated carbocycles. The van der Waals surface area contributed by atoms with E-state index >= 15 is 0 Å². The van der Waals surface area contributed by atoms with E-state index in [1.807, 2.05) is 25.1 Å². The Bertz CT molecular complexity index is 588. The van der Waals surface area contributed by atoms with E-state index in [2.05, 4.69) is 11.4 Å². The van der Waals surface area contributed by atoms with Gasteiger partial charge in [-0.3, -0.25) is 0 Å². The van der Waals surface area contributed by atoms with Gasteiger partial charge in [0.15, 0.2) is 0 Å². The molecule has 0 aromatic heterocycles. The summed E-state index contributed by atoms with van der Waals surface area (Å²) in [6.07, 6.45) is 0. The van der Waals surface area contributed by atoms with Gasteiger partial charge >= 0.3 is 0 Å². The molecule has 2 rings (SSSR count). The molecule has 0 fully saturated rings. The van der Waals surface area contributed by atoms with E-state index in [1.54, 1.807) is 6.07 Å². The van der Waals surface area contributed by atoms with Crippen LogP contribution in [-0.4, -0.2) is 11.7 Å². The van der Waals surface area contributed by atoms with Gasteiger partial charge in [0.05, 0.1) is 17.7 Å². The van der Waals surface area contributed by atoms with Gasteiger partial charge in [-0.2, -0.15) is 0 Å². The second-order valence-electron chi connectivity index (χ2n) is 4.78. The number of nitrogens with one attached hydrogen (secondary N) is 1. The molecule has 1 atom stereocenters. The van der Waals surface area contributed by atoms with Gasteiger partial charge in [-0.05, 0) is 30.2 Å². The predicted molar refractivity (Wildman–Crippen MR) is 79.3 cm³/mol. The maximum absolute atomic E-state index is 13.5. The summed E-state index contributed by atoms with van der Waals surface area (Å²) in [6.45, 7) is 2.53. The number of hydrogen-bond acceptors (Lipinski definition) is 2. The second kappa shape index (κ2) is 6.84. The van der Waals surface area contributed by atoms with Crippen molar-refractivity contribution in [1.29, 1.82) is 0 Å². The molecular weight excluding hydrogens is 277 g/mol. The van der Waals surface area contributed by atoms with E-state index in [9.17, 15) is 9.50 Å². The van der Waals surface area contributed by atoms with Crippen LogP contribution in [0.25, 0.3) is 0 Å². The largest absolute Gasteiger partial charge is 0.394 e. The molecule has 0 bridgehead atoms. The Hall–Kier alpha value is -1.42. The molecule has 0 aliphatic rings. The smallest absolute Gasteiger partial charge is 0.142 e. The molecule has 2 N–H and O–H groups in total. The maximum atomic E-state index is 13.5. The number of aliphatic hydroxyl groups is 1. The van der Waals surface area contributed by atoms with E-state index in [-0.39, 0.29) is 17.7 Å². The molecule has 0 aliphatic heterocycles. The third-order valence-electron chi connectivity index (χ3n) is 3.16. The van der Waals surface area contributed by atoms with Crippen molar-refractivity contribution in [1.82, 2.24) is 5.32 Å². The minimum Gasteiger partial charge on any atom is -0.394 e. The Balaban J connectivity index is 2.07. The number of hydrogen-bond donors (Lipinski definition) is 2. The lowest BCUT2D eigenvalue weighted by Gasteiger charge is -2.17. The molecule has 0 saturated heterocycles. The van der Waals surface area contributed by atoms with Crippen molar-refractivity contribution in [3.63, 3.8) is 0 Å². The van der Waals surface area contributed by atoms with Gasteiger partial charge in [-0.1, -0.05) is 47.5 Å². The Morgan fingerprint density at radius 2 is 2.05 bits per heavy atom. The van der Waals surface area contributed by atoms with Crippen molar-refractivity contribution in [2.45, 2.75) is 19.5 Å². The summed E-state index contributed by atoms with van der Waals surface area (Å²) in [5, 5.41) is 12.8. The summed E-state index contributed by atoms with van der Waals surface area (Å²) in [6, 6.07) is 12.4. The average Bonchev–Trinajstić information content (AvgIpc) is 2.43. The van der Waals surface area contributed by atoms with Crippen LogP contribution in [0.15, 0.2) is 42.5 Å². The van der Waals surface area contributed by atoms with Crippen LogP contribution in [0, 0.1) is 12.7 Å². The van der Waals surface area contributed by atoms with Gasteiger partial charge in [0, 0.05) is 6.54 Å². The topological polar surface area (TPSA) is 32.3 Å². The number of benzene rings is 2. The normalized spacial score (nSPS) is 12.4. The van der Waals surface area contributed by atoms with E-state index < -0.39 is 5.82 Å². The number of halogens is 2. The third kappa shape index (κ3) is 3.79. The standard InChI is InChI=1S/C16H17ClFNO/c1-11-3-2-4-12(7-11)9-19-16(10-20)13-5-6-14(17)15(18)8-13/h2-8,16,19-20H,9-10H2,1H3. The van der Waals surface area contributed by atoms with E-state index in [0.717, 1.165) is 5.56 Å². The number of aliphatic hydroxyl groups excluding tert-OH is 1. The fourth-order valence-corrected chi connectivity index (χ4v) is 2.20. The quantitative estimate of drug-likeness (QED) is 0.882. The Morgan fingerprint density at radius 1 is 1.25 bits per heavy atom. The molecule has 1 unspecified atom stereocenters. The first kappa shape index (κ1) is 15.0. The highest BCUT2D eigenvalue weighted by molar-refractivity contribution is 6.30. The van der Waals surface area contributed by atoms with Crippen molar-refractivity contribution < 1.29 is 9.50 Å². The summed E-state index contributed by atoms with van der Waals surface area (Å²) in [7, 11) is 0. The zero-order valence-corrected chi connectivity index (χ0v) is 12.0. The van der Waals surface area contributed by atoms with Crippen LogP contribution >= 0.6 is 11.6 Å². The highest BCUT2D eigenvalue weighted by atomic mass is 35.5. The Labute approximate surface area is 123 Å². The molecular formula is C16H17ClFNO. The lowest BCUT2D eigenvalue weighted by molar-refractivity contribution is 0.243. The molecule has 0 heterocycles. The van der Waals surface area contributed by atoms with Crippen LogP contribution in [0.4, 0.5) is 4.39 Å². The lowest BCUT2D eigenvalue weighted by Crippen LogP contribution is -2.24. The Kier molecular flexibility index (Phi) is 5.12. The number of rotatable bonds is 5. The fourth-order valence-electron chi connectivity index (χ4n) is 2.08. The molecule has 0 radical (unpaired) electrons. The van der Waals surface area contributed by atoms with Crippen molar-refractivity contribution in [2.75, 3.05) is 6.61 Å². The molecule has 106 valence electrons. The van der Waals surface area contributed by atoms with Crippen molar-refractivity contribution in [3.8, 4) is 0 Å². The highest BCUT2D eigenvalue weighted by Gasteiger charge is 2.12. The van der Waals surface area contributed by atoms with Crippen LogP contribution in [0.2, 0.25) is 5.02 Å². The lowest BCUT2D eigenvalue weighted by atomic mass is 10.1. The highest BCUT2D eigenvalue weighted by Crippen LogP contribution is 2.20. The van der Waals surface area contributed by atoms with E-state index in [4.69, 9.17) is 11.6 Å². The minimum absolute atomic E-state index is 0.0872. The first-order valence-electron chi connectivity index (χ1n) is 6.45. The van der Waals surface area contributed by atoms with Gasteiger partial charge < -0.3 is 10.4 Å². The molecule has 0 spiro atoms. The van der Waals surface area contributed by atoms with Crippen LogP contribution < -0.4 is 5.32 Å². The predicted octanol–water partition coefficient (Wildman–Crippen LogP) is 3.61. The first-order valence-corrected chi connectivity index (χ1v) is 6.82. The summed E-state index contributed by atoms with van der Waals surface area (Å²) in [5.74, 6) is -0.472. The average molecular weight is 294 g/mol. The second-order valence-corrected chi connectivity index (χ2v) is 5.19. The number of aryl methyl sites for hydroxylation is 1. The molecule has 2 aromatic carbocycles. The summed E-state index contributed by atoms with van der Waals surface area (Å²) in [4.78, 5) is 0. The molecule has 2 nitrogen and oxygen atoms in total. The minimum atomic E-state index is -0.472. The summed E-state index contributed by atoms with van der Waals surface area (Å²) < 4.78 is 13.5. The van der Waals surface area contributed by atoms with Gasteiger partial charge in [0.25, 0.3) is 0 Å².